The van der Waals surface area contributed by atoms with Crippen LogP contribution in [0.2, 0.25) is 5.02 Å². The van der Waals surface area contributed by atoms with E-state index in [1.807, 2.05) is 20.8 Å². The first-order chi connectivity index (χ1) is 7.80. The van der Waals surface area contributed by atoms with Gasteiger partial charge in [0.05, 0.1) is 9.92 Å². The Labute approximate surface area is 116 Å². The molecule has 0 unspecified atom stereocenters. The van der Waals surface area contributed by atoms with Gasteiger partial charge >= 0.3 is 0 Å². The van der Waals surface area contributed by atoms with Gasteiger partial charge in [-0.2, -0.15) is 4.31 Å². The highest BCUT2D eigenvalue weighted by molar-refractivity contribution is 9.10. The lowest BCUT2D eigenvalue weighted by molar-refractivity contribution is 0.369. The summed E-state index contributed by atoms with van der Waals surface area (Å²) in [5, 5.41) is 0.497. The molecule has 1 aromatic carbocycles. The van der Waals surface area contributed by atoms with E-state index in [-0.39, 0.29) is 10.9 Å². The fraction of sp³-hybridized carbons (Fsp3) is 0.455. The lowest BCUT2D eigenvalue weighted by Gasteiger charge is -2.24. The molecule has 96 valence electrons. The molecular formula is C11H15BrClNO2S. The average Bonchev–Trinajstić information content (AvgIpc) is 2.21. The van der Waals surface area contributed by atoms with E-state index >= 15 is 0 Å². The number of nitrogens with zero attached hydrogens (tertiary/aromatic N) is 1. The van der Waals surface area contributed by atoms with E-state index in [9.17, 15) is 8.42 Å². The van der Waals surface area contributed by atoms with Gasteiger partial charge in [0.2, 0.25) is 10.0 Å². The third kappa shape index (κ3) is 3.22. The highest BCUT2D eigenvalue weighted by Gasteiger charge is 2.25. The molecule has 0 amide bonds. The maximum Gasteiger partial charge on any atom is 0.243 e. The molecule has 0 aliphatic rings. The minimum atomic E-state index is -3.44. The second-order valence-electron chi connectivity index (χ2n) is 3.88. The van der Waals surface area contributed by atoms with E-state index in [2.05, 4.69) is 15.9 Å². The smallest absolute Gasteiger partial charge is 0.207 e. The molecule has 0 aliphatic heterocycles. The van der Waals surface area contributed by atoms with Crippen molar-refractivity contribution in [1.82, 2.24) is 4.31 Å². The van der Waals surface area contributed by atoms with Crippen molar-refractivity contribution < 1.29 is 8.42 Å². The van der Waals surface area contributed by atoms with Crippen LogP contribution in [0.4, 0.5) is 0 Å². The molecule has 0 aliphatic carbocycles. The molecule has 6 heteroatoms. The molecule has 0 bridgehead atoms. The van der Waals surface area contributed by atoms with Crippen molar-refractivity contribution in [2.75, 3.05) is 6.54 Å². The van der Waals surface area contributed by atoms with Crippen LogP contribution < -0.4 is 0 Å². The highest BCUT2D eigenvalue weighted by Crippen LogP contribution is 2.27. The van der Waals surface area contributed by atoms with Crippen LogP contribution in [-0.4, -0.2) is 25.3 Å². The van der Waals surface area contributed by atoms with Crippen molar-refractivity contribution in [3.63, 3.8) is 0 Å². The van der Waals surface area contributed by atoms with Crippen LogP contribution in [0, 0.1) is 0 Å². The summed E-state index contributed by atoms with van der Waals surface area (Å²) in [5.74, 6) is 0. The van der Waals surface area contributed by atoms with Gasteiger partial charge in [0.1, 0.15) is 0 Å². The Hall–Kier alpha value is -0.100. The molecule has 0 radical (unpaired) electrons. The lowest BCUT2D eigenvalue weighted by atomic mass is 10.4. The summed E-state index contributed by atoms with van der Waals surface area (Å²) in [7, 11) is -3.44. The Morgan fingerprint density at radius 2 is 2.00 bits per heavy atom. The summed E-state index contributed by atoms with van der Waals surface area (Å²) in [5.41, 5.74) is 0. The van der Waals surface area contributed by atoms with E-state index < -0.39 is 10.0 Å². The number of rotatable bonds is 4. The van der Waals surface area contributed by atoms with Gasteiger partial charge in [0.25, 0.3) is 0 Å². The van der Waals surface area contributed by atoms with Crippen molar-refractivity contribution in [3.05, 3.63) is 27.7 Å². The minimum Gasteiger partial charge on any atom is -0.207 e. The van der Waals surface area contributed by atoms with Crippen LogP contribution >= 0.6 is 27.5 Å². The Balaban J connectivity index is 3.25. The molecule has 0 fully saturated rings. The maximum atomic E-state index is 12.3. The third-order valence-corrected chi connectivity index (χ3v) is 5.75. The molecule has 17 heavy (non-hydrogen) atoms. The molecule has 1 aromatic rings. The van der Waals surface area contributed by atoms with E-state index in [4.69, 9.17) is 11.6 Å². The summed E-state index contributed by atoms with van der Waals surface area (Å²) < 4.78 is 26.7. The predicted octanol–water partition coefficient (Wildman–Crippen LogP) is 3.52. The van der Waals surface area contributed by atoms with Crippen molar-refractivity contribution in [2.24, 2.45) is 0 Å². The molecule has 0 saturated carbocycles. The summed E-state index contributed by atoms with van der Waals surface area (Å²) in [6, 6.07) is 4.56. The Bertz CT molecular complexity index is 502. The van der Waals surface area contributed by atoms with Crippen molar-refractivity contribution >= 4 is 37.6 Å². The molecule has 1 rings (SSSR count). The monoisotopic (exact) mass is 339 g/mol. The fourth-order valence-electron chi connectivity index (χ4n) is 1.59. The largest absolute Gasteiger partial charge is 0.243 e. The summed E-state index contributed by atoms with van der Waals surface area (Å²) in [4.78, 5) is 0.254. The molecule has 0 aromatic heterocycles. The van der Waals surface area contributed by atoms with Gasteiger partial charge in [0, 0.05) is 17.1 Å². The Morgan fingerprint density at radius 1 is 1.41 bits per heavy atom. The van der Waals surface area contributed by atoms with Crippen LogP contribution in [0.25, 0.3) is 0 Å². The first kappa shape index (κ1) is 15.0. The quantitative estimate of drug-likeness (QED) is 0.841. The summed E-state index contributed by atoms with van der Waals surface area (Å²) >= 11 is 9.08. The van der Waals surface area contributed by atoms with Crippen LogP contribution in [0.1, 0.15) is 20.8 Å². The summed E-state index contributed by atoms with van der Waals surface area (Å²) in [6.07, 6.45) is 0. The zero-order valence-corrected chi connectivity index (χ0v) is 13.1. The van der Waals surface area contributed by atoms with Crippen LogP contribution in [-0.2, 0) is 10.0 Å². The zero-order chi connectivity index (χ0) is 13.2. The van der Waals surface area contributed by atoms with Crippen molar-refractivity contribution in [2.45, 2.75) is 31.7 Å². The molecule has 0 saturated heterocycles. The van der Waals surface area contributed by atoms with Gasteiger partial charge in [-0.05, 0) is 48.0 Å². The summed E-state index contributed by atoms with van der Waals surface area (Å²) in [6.45, 7) is 5.97. The van der Waals surface area contributed by atoms with Crippen LogP contribution in [0.5, 0.6) is 0 Å². The lowest BCUT2D eigenvalue weighted by Crippen LogP contribution is -2.36. The van der Waals surface area contributed by atoms with Gasteiger partial charge in [0.15, 0.2) is 0 Å². The van der Waals surface area contributed by atoms with E-state index in [1.54, 1.807) is 6.07 Å². The Kier molecular flexibility index (Phi) is 5.01. The van der Waals surface area contributed by atoms with Gasteiger partial charge in [-0.15, -0.1) is 0 Å². The standard InChI is InChI=1S/C11H15BrClNO2S/c1-4-14(8(2)3)17(15,16)9-5-6-11(13)10(12)7-9/h5-8H,4H2,1-3H3. The number of hydrogen-bond acceptors (Lipinski definition) is 2. The molecular weight excluding hydrogens is 326 g/mol. The van der Waals surface area contributed by atoms with Crippen LogP contribution in [0.3, 0.4) is 0 Å². The average molecular weight is 341 g/mol. The molecule has 0 spiro atoms. The van der Waals surface area contributed by atoms with Gasteiger partial charge in [-0.1, -0.05) is 18.5 Å². The molecule has 3 nitrogen and oxygen atoms in total. The van der Waals surface area contributed by atoms with Crippen molar-refractivity contribution in [1.29, 1.82) is 0 Å². The minimum absolute atomic E-state index is 0.0700. The van der Waals surface area contributed by atoms with E-state index in [0.717, 1.165) is 0 Å². The van der Waals surface area contributed by atoms with Crippen LogP contribution in [0.15, 0.2) is 27.6 Å². The van der Waals surface area contributed by atoms with E-state index in [0.29, 0.717) is 16.0 Å². The number of sulfonamides is 1. The predicted molar refractivity (Wildman–Crippen MR) is 73.9 cm³/mol. The number of hydrogen-bond donors (Lipinski definition) is 0. The van der Waals surface area contributed by atoms with E-state index in [1.165, 1.54) is 16.4 Å². The highest BCUT2D eigenvalue weighted by atomic mass is 79.9. The Morgan fingerprint density at radius 3 is 2.41 bits per heavy atom. The third-order valence-electron chi connectivity index (χ3n) is 2.39. The topological polar surface area (TPSA) is 37.4 Å². The number of halogens is 2. The second-order valence-corrected chi connectivity index (χ2v) is 7.03. The number of benzene rings is 1. The first-order valence-corrected chi connectivity index (χ1v) is 7.88. The van der Waals surface area contributed by atoms with Crippen molar-refractivity contribution in [3.8, 4) is 0 Å². The maximum absolute atomic E-state index is 12.3. The molecule has 0 N–H and O–H groups in total. The zero-order valence-electron chi connectivity index (χ0n) is 9.94. The fourth-order valence-corrected chi connectivity index (χ4v) is 3.91. The molecule has 0 heterocycles. The van der Waals surface area contributed by atoms with Gasteiger partial charge in [-0.25, -0.2) is 8.42 Å². The second kappa shape index (κ2) is 5.69. The normalized spacial score (nSPS) is 12.4. The van der Waals surface area contributed by atoms with Gasteiger partial charge < -0.3 is 0 Å². The van der Waals surface area contributed by atoms with Gasteiger partial charge in [-0.3, -0.25) is 0 Å². The molecule has 0 atom stereocenters. The first-order valence-electron chi connectivity index (χ1n) is 5.27. The SMILES string of the molecule is CCN(C(C)C)S(=O)(=O)c1ccc(Cl)c(Br)c1.